The quantitative estimate of drug-likeness (QED) is 0.819. The number of amides is 1. The van der Waals surface area contributed by atoms with Crippen molar-refractivity contribution in [3.8, 4) is 0 Å². The first-order valence-electron chi connectivity index (χ1n) is 7.29. The summed E-state index contributed by atoms with van der Waals surface area (Å²) in [5.74, 6) is 0.215. The Labute approximate surface area is 115 Å². The lowest BCUT2D eigenvalue weighted by atomic mass is 10.1. The summed E-state index contributed by atoms with van der Waals surface area (Å²) in [6.45, 7) is 2.83. The van der Waals surface area contributed by atoms with E-state index in [9.17, 15) is 4.79 Å². The van der Waals surface area contributed by atoms with E-state index in [4.69, 9.17) is 5.73 Å². The summed E-state index contributed by atoms with van der Waals surface area (Å²) >= 11 is 0. The summed E-state index contributed by atoms with van der Waals surface area (Å²) < 4.78 is 0. The molecular weight excluding hydrogens is 236 g/mol. The van der Waals surface area contributed by atoms with Crippen molar-refractivity contribution in [2.75, 3.05) is 0 Å². The molecule has 104 valence electrons. The lowest BCUT2D eigenvalue weighted by Crippen LogP contribution is -2.36. The number of hydrogen-bond acceptors (Lipinski definition) is 2. The standard InChI is InChI=1S/C16H24N2O/c1-2-6-14(17)11-16(19)18(15-9-10-15)12-13-7-4-3-5-8-13/h3-5,7-8,14-15H,2,6,9-12,17H2,1H3. The molecule has 1 atom stereocenters. The van der Waals surface area contributed by atoms with Gasteiger partial charge in [-0.15, -0.1) is 0 Å². The van der Waals surface area contributed by atoms with Crippen LogP contribution >= 0.6 is 0 Å². The largest absolute Gasteiger partial charge is 0.335 e. The van der Waals surface area contributed by atoms with Gasteiger partial charge in [-0.1, -0.05) is 43.7 Å². The van der Waals surface area contributed by atoms with Gasteiger partial charge in [-0.05, 0) is 24.8 Å². The maximum atomic E-state index is 12.4. The number of nitrogens with zero attached hydrogens (tertiary/aromatic N) is 1. The van der Waals surface area contributed by atoms with Gasteiger partial charge in [0, 0.05) is 25.0 Å². The molecule has 1 fully saturated rings. The summed E-state index contributed by atoms with van der Waals surface area (Å²) in [5.41, 5.74) is 7.19. The smallest absolute Gasteiger partial charge is 0.224 e. The highest BCUT2D eigenvalue weighted by molar-refractivity contribution is 5.77. The maximum absolute atomic E-state index is 12.4. The van der Waals surface area contributed by atoms with E-state index >= 15 is 0 Å². The topological polar surface area (TPSA) is 46.3 Å². The molecule has 0 heterocycles. The number of hydrogen-bond donors (Lipinski definition) is 1. The average Bonchev–Trinajstić information content (AvgIpc) is 3.21. The predicted molar refractivity (Wildman–Crippen MR) is 77.5 cm³/mol. The Hall–Kier alpha value is -1.35. The van der Waals surface area contributed by atoms with Crippen LogP contribution in [-0.4, -0.2) is 22.9 Å². The molecule has 3 heteroatoms. The summed E-state index contributed by atoms with van der Waals surface area (Å²) in [5, 5.41) is 0. The van der Waals surface area contributed by atoms with Crippen LogP contribution in [-0.2, 0) is 11.3 Å². The number of carbonyl (C=O) groups excluding carboxylic acids is 1. The van der Waals surface area contributed by atoms with Gasteiger partial charge < -0.3 is 10.6 Å². The molecule has 1 aromatic rings. The Morgan fingerprint density at radius 2 is 2.05 bits per heavy atom. The molecule has 19 heavy (non-hydrogen) atoms. The number of rotatable bonds is 7. The number of nitrogens with two attached hydrogens (primary N) is 1. The van der Waals surface area contributed by atoms with Gasteiger partial charge in [-0.25, -0.2) is 0 Å². The van der Waals surface area contributed by atoms with Crippen LogP contribution in [0.25, 0.3) is 0 Å². The monoisotopic (exact) mass is 260 g/mol. The van der Waals surface area contributed by atoms with Crippen LogP contribution in [0, 0.1) is 0 Å². The van der Waals surface area contributed by atoms with E-state index in [1.807, 2.05) is 23.1 Å². The zero-order valence-corrected chi connectivity index (χ0v) is 11.7. The number of carbonyl (C=O) groups is 1. The molecule has 0 aliphatic heterocycles. The molecule has 2 N–H and O–H groups in total. The molecule has 2 rings (SSSR count). The van der Waals surface area contributed by atoms with Crippen molar-refractivity contribution in [2.45, 2.75) is 57.7 Å². The van der Waals surface area contributed by atoms with Crippen molar-refractivity contribution in [3.63, 3.8) is 0 Å². The zero-order valence-electron chi connectivity index (χ0n) is 11.7. The first-order chi connectivity index (χ1) is 9.20. The van der Waals surface area contributed by atoms with Gasteiger partial charge in [0.1, 0.15) is 0 Å². The summed E-state index contributed by atoms with van der Waals surface area (Å²) in [4.78, 5) is 14.4. The highest BCUT2D eigenvalue weighted by Crippen LogP contribution is 2.29. The predicted octanol–water partition coefficient (Wildman–Crippen LogP) is 2.70. The van der Waals surface area contributed by atoms with Crippen LogP contribution in [0.5, 0.6) is 0 Å². The summed E-state index contributed by atoms with van der Waals surface area (Å²) in [6, 6.07) is 10.7. The minimum atomic E-state index is 0.00882. The third-order valence-corrected chi connectivity index (χ3v) is 3.60. The van der Waals surface area contributed by atoms with Gasteiger partial charge in [0.15, 0.2) is 0 Å². The zero-order chi connectivity index (χ0) is 13.7. The Morgan fingerprint density at radius 3 is 2.63 bits per heavy atom. The molecule has 0 bridgehead atoms. The van der Waals surface area contributed by atoms with E-state index in [1.54, 1.807) is 0 Å². The van der Waals surface area contributed by atoms with Gasteiger partial charge in [0.25, 0.3) is 0 Å². The molecule has 1 unspecified atom stereocenters. The maximum Gasteiger partial charge on any atom is 0.224 e. The Kier molecular flexibility index (Phi) is 4.97. The van der Waals surface area contributed by atoms with Gasteiger partial charge >= 0.3 is 0 Å². The van der Waals surface area contributed by atoms with Crippen LogP contribution in [0.15, 0.2) is 30.3 Å². The van der Waals surface area contributed by atoms with Crippen LogP contribution in [0.1, 0.15) is 44.6 Å². The number of benzene rings is 1. The van der Waals surface area contributed by atoms with E-state index in [0.29, 0.717) is 12.5 Å². The van der Waals surface area contributed by atoms with Crippen LogP contribution in [0.2, 0.25) is 0 Å². The van der Waals surface area contributed by atoms with E-state index in [1.165, 1.54) is 5.56 Å². The highest BCUT2D eigenvalue weighted by atomic mass is 16.2. The van der Waals surface area contributed by atoms with Crippen molar-refractivity contribution in [3.05, 3.63) is 35.9 Å². The van der Waals surface area contributed by atoms with Crippen molar-refractivity contribution < 1.29 is 4.79 Å². The van der Waals surface area contributed by atoms with Crippen LogP contribution in [0.3, 0.4) is 0 Å². The highest BCUT2D eigenvalue weighted by Gasteiger charge is 2.32. The summed E-state index contributed by atoms with van der Waals surface area (Å²) in [7, 11) is 0. The molecule has 1 aromatic carbocycles. The Bertz CT molecular complexity index is 400. The molecule has 0 saturated heterocycles. The Morgan fingerprint density at radius 1 is 1.37 bits per heavy atom. The third-order valence-electron chi connectivity index (χ3n) is 3.60. The normalized spacial score (nSPS) is 16.1. The molecule has 3 nitrogen and oxygen atoms in total. The fourth-order valence-electron chi connectivity index (χ4n) is 2.40. The van der Waals surface area contributed by atoms with Crippen molar-refractivity contribution in [1.82, 2.24) is 4.90 Å². The second-order valence-corrected chi connectivity index (χ2v) is 5.49. The molecule has 1 aliphatic rings. The van der Waals surface area contributed by atoms with Crippen LogP contribution < -0.4 is 5.73 Å². The van der Waals surface area contributed by atoms with Crippen molar-refractivity contribution in [1.29, 1.82) is 0 Å². The molecule has 1 amide bonds. The first kappa shape index (κ1) is 14.1. The molecule has 0 spiro atoms. The second kappa shape index (κ2) is 6.71. The van der Waals surface area contributed by atoms with Gasteiger partial charge in [-0.2, -0.15) is 0 Å². The van der Waals surface area contributed by atoms with E-state index in [-0.39, 0.29) is 11.9 Å². The van der Waals surface area contributed by atoms with Gasteiger partial charge in [-0.3, -0.25) is 4.79 Å². The Balaban J connectivity index is 1.94. The lowest BCUT2D eigenvalue weighted by Gasteiger charge is -2.24. The minimum absolute atomic E-state index is 0.00882. The van der Waals surface area contributed by atoms with Crippen molar-refractivity contribution >= 4 is 5.91 Å². The van der Waals surface area contributed by atoms with E-state index in [0.717, 1.165) is 32.2 Å². The minimum Gasteiger partial charge on any atom is -0.335 e. The molecule has 0 radical (unpaired) electrons. The lowest BCUT2D eigenvalue weighted by molar-refractivity contribution is -0.132. The first-order valence-corrected chi connectivity index (χ1v) is 7.29. The molecule has 1 aliphatic carbocycles. The van der Waals surface area contributed by atoms with Crippen molar-refractivity contribution in [2.24, 2.45) is 5.73 Å². The molecule has 1 saturated carbocycles. The fourth-order valence-corrected chi connectivity index (χ4v) is 2.40. The molecule has 0 aromatic heterocycles. The van der Waals surface area contributed by atoms with Crippen LogP contribution in [0.4, 0.5) is 0 Å². The van der Waals surface area contributed by atoms with Gasteiger partial charge in [0.2, 0.25) is 5.91 Å². The van der Waals surface area contributed by atoms with Gasteiger partial charge in [0.05, 0.1) is 0 Å². The van der Waals surface area contributed by atoms with E-state index < -0.39 is 0 Å². The second-order valence-electron chi connectivity index (χ2n) is 5.49. The third kappa shape index (κ3) is 4.35. The summed E-state index contributed by atoms with van der Waals surface area (Å²) in [6.07, 6.45) is 4.73. The van der Waals surface area contributed by atoms with E-state index in [2.05, 4.69) is 19.1 Å². The SMILES string of the molecule is CCCC(N)CC(=O)N(Cc1ccccc1)C1CC1. The fraction of sp³-hybridized carbons (Fsp3) is 0.562. The molecular formula is C16H24N2O. The average molecular weight is 260 g/mol.